The maximum atomic E-state index is 11.8. The molecule has 0 saturated heterocycles. The molecule has 0 aliphatic carbocycles. The fourth-order valence-corrected chi connectivity index (χ4v) is 1.15. The second-order valence-electron chi connectivity index (χ2n) is 2.41. The third-order valence-corrected chi connectivity index (χ3v) is 1.97. The lowest BCUT2D eigenvalue weighted by Crippen LogP contribution is -2.17. The van der Waals surface area contributed by atoms with E-state index in [0.29, 0.717) is 5.69 Å². The molecule has 1 rings (SSSR count). The van der Waals surface area contributed by atoms with Crippen LogP contribution in [-0.2, 0) is 0 Å². The number of hydrogen-bond acceptors (Lipinski definition) is 2. The minimum Gasteiger partial charge on any atom is -0.404 e. The molecule has 0 radical (unpaired) electrons. The van der Waals surface area contributed by atoms with Gasteiger partial charge in [0.25, 0.3) is 0 Å². The van der Waals surface area contributed by atoms with E-state index in [0.717, 1.165) is 6.07 Å². The number of nitrogens with zero attached hydrogens (tertiary/aromatic N) is 1. The molecule has 0 aliphatic heterocycles. The molecule has 14 heavy (non-hydrogen) atoms. The molecular formula is C7H4Cl2F3NO. The molecule has 1 aromatic heterocycles. The van der Waals surface area contributed by atoms with Crippen LogP contribution in [0.2, 0.25) is 10.2 Å². The van der Waals surface area contributed by atoms with E-state index in [9.17, 15) is 13.2 Å². The summed E-state index contributed by atoms with van der Waals surface area (Å²) in [5.74, 6) is -0.545. The smallest absolute Gasteiger partial charge is 0.404 e. The predicted molar refractivity (Wildman–Crippen MR) is 45.7 cm³/mol. The molecule has 0 aliphatic rings. The first-order chi connectivity index (χ1) is 6.29. The Hall–Kier alpha value is -0.680. The van der Waals surface area contributed by atoms with Crippen LogP contribution in [0.5, 0.6) is 5.75 Å². The number of pyridine rings is 1. The van der Waals surface area contributed by atoms with Gasteiger partial charge in [-0.3, -0.25) is 0 Å². The second kappa shape index (κ2) is 3.82. The van der Waals surface area contributed by atoms with Crippen LogP contribution in [0.15, 0.2) is 6.07 Å². The van der Waals surface area contributed by atoms with Gasteiger partial charge in [-0.15, -0.1) is 13.2 Å². The van der Waals surface area contributed by atoms with Gasteiger partial charge in [0.2, 0.25) is 0 Å². The molecular weight excluding hydrogens is 242 g/mol. The number of ether oxygens (including phenoxy) is 1. The lowest BCUT2D eigenvalue weighted by atomic mass is 10.3. The Labute approximate surface area is 87.6 Å². The van der Waals surface area contributed by atoms with Gasteiger partial charge in [-0.2, -0.15) is 0 Å². The van der Waals surface area contributed by atoms with E-state index >= 15 is 0 Å². The van der Waals surface area contributed by atoms with Crippen molar-refractivity contribution in [2.45, 2.75) is 13.3 Å². The fourth-order valence-electron chi connectivity index (χ4n) is 0.790. The molecule has 2 nitrogen and oxygen atoms in total. The van der Waals surface area contributed by atoms with Gasteiger partial charge in [0, 0.05) is 11.8 Å². The molecule has 1 heterocycles. The van der Waals surface area contributed by atoms with Gasteiger partial charge in [0.05, 0.1) is 0 Å². The highest BCUT2D eigenvalue weighted by molar-refractivity contribution is 6.42. The summed E-state index contributed by atoms with van der Waals surface area (Å²) in [6, 6.07) is 1.06. The number of rotatable bonds is 1. The Kier molecular flexibility index (Phi) is 3.11. The number of aromatic nitrogens is 1. The van der Waals surface area contributed by atoms with Gasteiger partial charge >= 0.3 is 6.36 Å². The van der Waals surface area contributed by atoms with Crippen molar-refractivity contribution in [2.24, 2.45) is 0 Å². The normalized spacial score (nSPS) is 11.6. The summed E-state index contributed by atoms with van der Waals surface area (Å²) >= 11 is 10.9. The molecule has 0 N–H and O–H groups in total. The van der Waals surface area contributed by atoms with Crippen molar-refractivity contribution >= 4 is 23.2 Å². The van der Waals surface area contributed by atoms with Crippen LogP contribution in [0, 0.1) is 6.92 Å². The number of hydrogen-bond donors (Lipinski definition) is 0. The van der Waals surface area contributed by atoms with E-state index in [1.165, 1.54) is 6.92 Å². The molecule has 1 aromatic rings. The maximum Gasteiger partial charge on any atom is 0.573 e. The van der Waals surface area contributed by atoms with Gasteiger partial charge in [0.1, 0.15) is 5.02 Å². The van der Waals surface area contributed by atoms with Crippen LogP contribution >= 0.6 is 23.2 Å². The van der Waals surface area contributed by atoms with Crippen LogP contribution in [0.1, 0.15) is 5.69 Å². The summed E-state index contributed by atoms with van der Waals surface area (Å²) < 4.78 is 39.2. The minimum atomic E-state index is -4.79. The maximum absolute atomic E-state index is 11.8. The number of halogens is 5. The average Bonchev–Trinajstić information content (AvgIpc) is 1.96. The van der Waals surface area contributed by atoms with Gasteiger partial charge in [0.15, 0.2) is 10.9 Å². The van der Waals surface area contributed by atoms with Crippen LogP contribution in [0.3, 0.4) is 0 Å². The van der Waals surface area contributed by atoms with Gasteiger partial charge in [-0.05, 0) is 6.92 Å². The highest BCUT2D eigenvalue weighted by Crippen LogP contribution is 2.34. The molecule has 0 unspecified atom stereocenters. The zero-order valence-electron chi connectivity index (χ0n) is 6.82. The van der Waals surface area contributed by atoms with E-state index in [-0.39, 0.29) is 10.2 Å². The minimum absolute atomic E-state index is 0.217. The average molecular weight is 246 g/mol. The lowest BCUT2D eigenvalue weighted by Gasteiger charge is -2.11. The van der Waals surface area contributed by atoms with Crippen molar-refractivity contribution < 1.29 is 17.9 Å². The van der Waals surface area contributed by atoms with Crippen LogP contribution < -0.4 is 4.74 Å². The molecule has 0 atom stereocenters. The third kappa shape index (κ3) is 2.92. The summed E-state index contributed by atoms with van der Waals surface area (Å²) in [6.07, 6.45) is -4.79. The first kappa shape index (κ1) is 11.4. The van der Waals surface area contributed by atoms with Crippen molar-refractivity contribution in [1.82, 2.24) is 4.98 Å². The highest BCUT2D eigenvalue weighted by atomic mass is 35.5. The van der Waals surface area contributed by atoms with Gasteiger partial charge in [-0.25, -0.2) is 4.98 Å². The highest BCUT2D eigenvalue weighted by Gasteiger charge is 2.32. The Bertz CT molecular complexity index is 354. The van der Waals surface area contributed by atoms with E-state index in [1.807, 2.05) is 0 Å². The lowest BCUT2D eigenvalue weighted by molar-refractivity contribution is -0.274. The van der Waals surface area contributed by atoms with Gasteiger partial charge in [-0.1, -0.05) is 23.2 Å². The molecule has 7 heteroatoms. The molecule has 0 saturated carbocycles. The Morgan fingerprint density at radius 2 is 1.93 bits per heavy atom. The Balaban J connectivity index is 3.09. The molecule has 0 spiro atoms. The van der Waals surface area contributed by atoms with Crippen molar-refractivity contribution in [2.75, 3.05) is 0 Å². The molecule has 0 fully saturated rings. The zero-order valence-corrected chi connectivity index (χ0v) is 8.33. The first-order valence-corrected chi connectivity index (χ1v) is 4.13. The van der Waals surface area contributed by atoms with Crippen LogP contribution in [-0.4, -0.2) is 11.3 Å². The zero-order chi connectivity index (χ0) is 10.9. The standard InChI is InChI=1S/C7H4Cl2F3NO/c1-3-2-4(14-7(10,11)12)5(8)6(9)13-3/h2H,1H3. The van der Waals surface area contributed by atoms with Crippen molar-refractivity contribution in [3.63, 3.8) is 0 Å². The van der Waals surface area contributed by atoms with E-state index in [1.54, 1.807) is 0 Å². The summed E-state index contributed by atoms with van der Waals surface area (Å²) in [5, 5.41) is -0.569. The first-order valence-electron chi connectivity index (χ1n) is 3.38. The van der Waals surface area contributed by atoms with Crippen molar-refractivity contribution in [1.29, 1.82) is 0 Å². The van der Waals surface area contributed by atoms with Crippen LogP contribution in [0.4, 0.5) is 13.2 Å². The molecule has 0 bridgehead atoms. The third-order valence-electron chi connectivity index (χ3n) is 1.24. The summed E-state index contributed by atoms with van der Waals surface area (Å²) in [6.45, 7) is 1.48. The summed E-state index contributed by atoms with van der Waals surface area (Å²) in [4.78, 5) is 3.65. The SMILES string of the molecule is Cc1cc(OC(F)(F)F)c(Cl)c(Cl)n1. The van der Waals surface area contributed by atoms with Crippen molar-refractivity contribution in [3.05, 3.63) is 21.9 Å². The largest absolute Gasteiger partial charge is 0.573 e. The second-order valence-corrected chi connectivity index (χ2v) is 3.15. The quantitative estimate of drug-likeness (QED) is 0.706. The van der Waals surface area contributed by atoms with E-state index in [4.69, 9.17) is 23.2 Å². The van der Waals surface area contributed by atoms with E-state index in [2.05, 4.69) is 9.72 Å². The molecule has 78 valence electrons. The Morgan fingerprint density at radius 1 is 1.36 bits per heavy atom. The fraction of sp³-hybridized carbons (Fsp3) is 0.286. The summed E-state index contributed by atoms with van der Waals surface area (Å²) in [7, 11) is 0. The number of alkyl halides is 3. The van der Waals surface area contributed by atoms with Crippen molar-refractivity contribution in [3.8, 4) is 5.75 Å². The molecule has 0 amide bonds. The van der Waals surface area contributed by atoms with E-state index < -0.39 is 12.1 Å². The topological polar surface area (TPSA) is 22.1 Å². The van der Waals surface area contributed by atoms with Crippen LogP contribution in [0.25, 0.3) is 0 Å². The predicted octanol–water partition coefficient (Wildman–Crippen LogP) is 3.60. The Morgan fingerprint density at radius 3 is 2.43 bits per heavy atom. The van der Waals surface area contributed by atoms with Gasteiger partial charge < -0.3 is 4.74 Å². The summed E-state index contributed by atoms with van der Waals surface area (Å²) in [5.41, 5.74) is 0.290. The number of aryl methyl sites for hydroxylation is 1. The monoisotopic (exact) mass is 245 g/mol. The molecule has 0 aromatic carbocycles.